The Labute approximate surface area is 169 Å². The van der Waals surface area contributed by atoms with E-state index in [-0.39, 0.29) is 0 Å². The molecule has 6 nitrogen and oxygen atoms in total. The molecule has 4 rings (SSSR count). The molecule has 146 valence electrons. The lowest BCUT2D eigenvalue weighted by molar-refractivity contribution is 0.346. The predicted octanol–water partition coefficient (Wildman–Crippen LogP) is 4.07. The van der Waals surface area contributed by atoms with Gasteiger partial charge in [-0.15, -0.1) is 0 Å². The molecule has 0 aliphatic carbocycles. The van der Waals surface area contributed by atoms with Gasteiger partial charge in [0.1, 0.15) is 12.1 Å². The van der Waals surface area contributed by atoms with E-state index in [4.69, 9.17) is 11.6 Å². The number of fused-ring (bicyclic) bond motifs is 1. The van der Waals surface area contributed by atoms with E-state index in [0.717, 1.165) is 35.7 Å². The van der Waals surface area contributed by atoms with E-state index in [9.17, 15) is 8.42 Å². The minimum absolute atomic E-state index is 0.341. The Morgan fingerprint density at radius 2 is 1.86 bits per heavy atom. The van der Waals surface area contributed by atoms with Crippen LogP contribution in [-0.4, -0.2) is 35.8 Å². The van der Waals surface area contributed by atoms with Gasteiger partial charge in [-0.2, -0.15) is 4.31 Å². The molecule has 2 heterocycles. The van der Waals surface area contributed by atoms with Gasteiger partial charge in [-0.25, -0.2) is 18.4 Å². The lowest BCUT2D eigenvalue weighted by Crippen LogP contribution is -2.35. The molecule has 0 saturated carbocycles. The van der Waals surface area contributed by atoms with Gasteiger partial charge in [0.05, 0.1) is 10.4 Å². The van der Waals surface area contributed by atoms with Gasteiger partial charge in [0.2, 0.25) is 10.0 Å². The number of hydrogen-bond donors (Lipinski definition) is 1. The first-order valence-electron chi connectivity index (χ1n) is 9.27. The summed E-state index contributed by atoms with van der Waals surface area (Å²) in [5.74, 6) is 0.686. The van der Waals surface area contributed by atoms with Crippen LogP contribution in [0.25, 0.3) is 10.9 Å². The van der Waals surface area contributed by atoms with Gasteiger partial charge < -0.3 is 5.32 Å². The topological polar surface area (TPSA) is 75.2 Å². The largest absolute Gasteiger partial charge is 0.365 e. The van der Waals surface area contributed by atoms with Crippen molar-refractivity contribution in [3.8, 4) is 0 Å². The van der Waals surface area contributed by atoms with Crippen molar-refractivity contribution in [2.75, 3.05) is 18.4 Å². The maximum atomic E-state index is 12.9. The molecule has 1 aromatic heterocycles. The number of piperidine rings is 1. The van der Waals surface area contributed by atoms with Gasteiger partial charge in [0.25, 0.3) is 0 Å². The standard InChI is InChI=1S/C20H21ClN4O2S/c21-16-7-8-18-19(12-16)23-14-24-20(18)22-13-15-5-4-6-17(11-15)28(26,27)25-9-2-1-3-10-25/h4-8,11-12,14H,1-3,9-10,13H2,(H,22,23,24). The molecule has 28 heavy (non-hydrogen) atoms. The molecule has 3 aromatic rings. The highest BCUT2D eigenvalue weighted by atomic mass is 35.5. The highest BCUT2D eigenvalue weighted by Gasteiger charge is 2.25. The first-order chi connectivity index (χ1) is 13.5. The molecule has 1 aliphatic heterocycles. The predicted molar refractivity (Wildman–Crippen MR) is 111 cm³/mol. The van der Waals surface area contributed by atoms with Crippen molar-refractivity contribution < 1.29 is 8.42 Å². The number of sulfonamides is 1. The molecular formula is C20H21ClN4O2S. The van der Waals surface area contributed by atoms with Crippen LogP contribution >= 0.6 is 11.6 Å². The second-order valence-corrected chi connectivity index (χ2v) is 9.22. The van der Waals surface area contributed by atoms with Crippen molar-refractivity contribution in [3.05, 3.63) is 59.4 Å². The fourth-order valence-corrected chi connectivity index (χ4v) is 5.18. The maximum absolute atomic E-state index is 12.9. The summed E-state index contributed by atoms with van der Waals surface area (Å²) in [4.78, 5) is 8.88. The Morgan fingerprint density at radius 3 is 2.68 bits per heavy atom. The number of anilines is 1. The van der Waals surface area contributed by atoms with Crippen LogP contribution < -0.4 is 5.32 Å². The number of aromatic nitrogens is 2. The summed E-state index contributed by atoms with van der Waals surface area (Å²) in [5.41, 5.74) is 1.63. The summed E-state index contributed by atoms with van der Waals surface area (Å²) in [6.07, 6.45) is 4.42. The van der Waals surface area contributed by atoms with Crippen LogP contribution in [0.2, 0.25) is 5.02 Å². The van der Waals surface area contributed by atoms with Crippen molar-refractivity contribution in [3.63, 3.8) is 0 Å². The van der Waals surface area contributed by atoms with E-state index in [2.05, 4.69) is 15.3 Å². The third-order valence-electron chi connectivity index (χ3n) is 4.91. The second-order valence-electron chi connectivity index (χ2n) is 6.85. The Hall–Kier alpha value is -2.22. The van der Waals surface area contributed by atoms with Gasteiger partial charge in [0.15, 0.2) is 0 Å². The molecule has 2 aromatic carbocycles. The lowest BCUT2D eigenvalue weighted by atomic mass is 10.2. The lowest BCUT2D eigenvalue weighted by Gasteiger charge is -2.26. The van der Waals surface area contributed by atoms with Crippen LogP contribution in [0.1, 0.15) is 24.8 Å². The molecule has 0 radical (unpaired) electrons. The van der Waals surface area contributed by atoms with Crippen molar-refractivity contribution >= 4 is 38.3 Å². The third-order valence-corrected chi connectivity index (χ3v) is 7.04. The minimum Gasteiger partial charge on any atom is -0.365 e. The molecule has 1 N–H and O–H groups in total. The Morgan fingerprint density at radius 1 is 1.04 bits per heavy atom. The van der Waals surface area contributed by atoms with Gasteiger partial charge in [-0.3, -0.25) is 0 Å². The second kappa shape index (κ2) is 8.03. The Kier molecular flexibility index (Phi) is 5.48. The van der Waals surface area contributed by atoms with E-state index >= 15 is 0 Å². The molecule has 0 amide bonds. The number of nitrogens with zero attached hydrogens (tertiary/aromatic N) is 3. The quantitative estimate of drug-likeness (QED) is 0.678. The van der Waals surface area contributed by atoms with Crippen LogP contribution in [0.3, 0.4) is 0 Å². The number of rotatable bonds is 5. The molecule has 0 unspecified atom stereocenters. The van der Waals surface area contributed by atoms with Gasteiger partial charge in [0, 0.05) is 30.0 Å². The van der Waals surface area contributed by atoms with Gasteiger partial charge in [-0.05, 0) is 48.7 Å². The van der Waals surface area contributed by atoms with Crippen LogP contribution in [0.4, 0.5) is 5.82 Å². The average molecular weight is 417 g/mol. The molecule has 0 spiro atoms. The van der Waals surface area contributed by atoms with Gasteiger partial charge >= 0.3 is 0 Å². The minimum atomic E-state index is -3.44. The first-order valence-corrected chi connectivity index (χ1v) is 11.1. The molecular weight excluding hydrogens is 396 g/mol. The molecule has 1 fully saturated rings. The molecule has 1 aliphatic rings. The number of halogens is 1. The zero-order chi connectivity index (χ0) is 19.6. The summed E-state index contributed by atoms with van der Waals surface area (Å²) in [6.45, 7) is 1.65. The maximum Gasteiger partial charge on any atom is 0.243 e. The van der Waals surface area contributed by atoms with Crippen molar-refractivity contribution in [2.45, 2.75) is 30.7 Å². The van der Waals surface area contributed by atoms with E-state index in [0.29, 0.717) is 35.4 Å². The number of hydrogen-bond acceptors (Lipinski definition) is 5. The van der Waals surface area contributed by atoms with Crippen LogP contribution in [-0.2, 0) is 16.6 Å². The molecule has 0 atom stereocenters. The Balaban J connectivity index is 1.55. The van der Waals surface area contributed by atoms with E-state index in [1.807, 2.05) is 12.1 Å². The fraction of sp³-hybridized carbons (Fsp3) is 0.300. The number of nitrogens with one attached hydrogen (secondary N) is 1. The van der Waals surface area contributed by atoms with E-state index in [1.165, 1.54) is 6.33 Å². The summed E-state index contributed by atoms with van der Waals surface area (Å²) in [5, 5.41) is 4.76. The summed E-state index contributed by atoms with van der Waals surface area (Å²) in [7, 11) is -3.44. The van der Waals surface area contributed by atoms with Gasteiger partial charge in [-0.1, -0.05) is 30.2 Å². The normalized spacial score (nSPS) is 15.6. The first kappa shape index (κ1) is 19.1. The highest BCUT2D eigenvalue weighted by molar-refractivity contribution is 7.89. The van der Waals surface area contributed by atoms with Crippen molar-refractivity contribution in [1.29, 1.82) is 0 Å². The highest BCUT2D eigenvalue weighted by Crippen LogP contribution is 2.24. The molecule has 1 saturated heterocycles. The SMILES string of the molecule is O=S(=O)(c1cccc(CNc2ncnc3cc(Cl)ccc23)c1)N1CCCCC1. The average Bonchev–Trinajstić information content (AvgIpc) is 2.73. The summed E-state index contributed by atoms with van der Waals surface area (Å²) >= 11 is 6.03. The smallest absolute Gasteiger partial charge is 0.243 e. The fourth-order valence-electron chi connectivity index (χ4n) is 3.43. The van der Waals surface area contributed by atoms with Crippen LogP contribution in [0.15, 0.2) is 53.7 Å². The zero-order valence-electron chi connectivity index (χ0n) is 15.3. The monoisotopic (exact) mass is 416 g/mol. The van der Waals surface area contributed by atoms with Crippen LogP contribution in [0.5, 0.6) is 0 Å². The zero-order valence-corrected chi connectivity index (χ0v) is 16.9. The third kappa shape index (κ3) is 3.97. The van der Waals surface area contributed by atoms with E-state index < -0.39 is 10.0 Å². The van der Waals surface area contributed by atoms with Crippen molar-refractivity contribution in [1.82, 2.24) is 14.3 Å². The van der Waals surface area contributed by atoms with Crippen molar-refractivity contribution in [2.24, 2.45) is 0 Å². The summed E-state index contributed by atoms with van der Waals surface area (Å²) < 4.78 is 27.4. The number of benzene rings is 2. The summed E-state index contributed by atoms with van der Waals surface area (Å²) in [6, 6.07) is 12.5. The van der Waals surface area contributed by atoms with Crippen LogP contribution in [0, 0.1) is 0 Å². The Bertz CT molecular complexity index is 1100. The molecule has 8 heteroatoms. The van der Waals surface area contributed by atoms with E-state index in [1.54, 1.807) is 34.6 Å². The molecule has 0 bridgehead atoms.